The number of nitrogens with one attached hydrogen (secondary N) is 1. The van der Waals surface area contributed by atoms with Crippen LogP contribution in [-0.2, 0) is 0 Å². The van der Waals surface area contributed by atoms with Gasteiger partial charge in [-0.15, -0.1) is 0 Å². The average Bonchev–Trinajstić information content (AvgIpc) is 2.46. The van der Waals surface area contributed by atoms with Crippen molar-refractivity contribution < 1.29 is 19.4 Å². The molecular weight excluding hydrogens is 270 g/mol. The highest BCUT2D eigenvalue weighted by Gasteiger charge is 2.18. The number of amides is 1. The molecule has 0 aromatic heterocycles. The summed E-state index contributed by atoms with van der Waals surface area (Å²) in [4.78, 5) is 12.3. The lowest BCUT2D eigenvalue weighted by Gasteiger charge is -2.21. The van der Waals surface area contributed by atoms with Crippen LogP contribution in [0, 0.1) is 5.92 Å². The van der Waals surface area contributed by atoms with Crippen LogP contribution in [-0.4, -0.2) is 37.4 Å². The minimum absolute atomic E-state index is 0.0515. The van der Waals surface area contributed by atoms with Gasteiger partial charge in [-0.1, -0.05) is 13.8 Å². The quantitative estimate of drug-likeness (QED) is 0.772. The lowest BCUT2D eigenvalue weighted by molar-refractivity contribution is 0.0916. The van der Waals surface area contributed by atoms with E-state index in [1.807, 2.05) is 20.8 Å². The van der Waals surface area contributed by atoms with Gasteiger partial charge < -0.3 is 19.9 Å². The Morgan fingerprint density at radius 2 is 2.05 bits per heavy atom. The molecule has 1 amide bonds. The predicted octanol–water partition coefficient (Wildman–Crippen LogP) is 2.23. The van der Waals surface area contributed by atoms with Gasteiger partial charge in [0.15, 0.2) is 11.5 Å². The summed E-state index contributed by atoms with van der Waals surface area (Å²) in [5, 5.41) is 12.0. The van der Waals surface area contributed by atoms with Gasteiger partial charge in [0.25, 0.3) is 5.91 Å². The van der Waals surface area contributed by atoms with Gasteiger partial charge in [0.2, 0.25) is 0 Å². The summed E-state index contributed by atoms with van der Waals surface area (Å²) in [5.41, 5.74) is 0.517. The maximum absolute atomic E-state index is 12.3. The molecule has 0 aliphatic carbocycles. The predicted molar refractivity (Wildman–Crippen MR) is 82.0 cm³/mol. The molecule has 21 heavy (non-hydrogen) atoms. The van der Waals surface area contributed by atoms with Crippen molar-refractivity contribution in [2.45, 2.75) is 33.2 Å². The second-order valence-electron chi connectivity index (χ2n) is 5.13. The maximum Gasteiger partial charge on any atom is 0.251 e. The van der Waals surface area contributed by atoms with Gasteiger partial charge in [-0.2, -0.15) is 0 Å². The molecule has 5 nitrogen and oxygen atoms in total. The molecule has 0 aliphatic heterocycles. The highest BCUT2D eigenvalue weighted by atomic mass is 16.5. The number of hydrogen-bond acceptors (Lipinski definition) is 4. The molecule has 118 valence electrons. The molecule has 2 N–H and O–H groups in total. The minimum atomic E-state index is -0.175. The van der Waals surface area contributed by atoms with Crippen LogP contribution in [0.5, 0.6) is 11.5 Å². The van der Waals surface area contributed by atoms with Crippen LogP contribution in [0.4, 0.5) is 0 Å². The topological polar surface area (TPSA) is 67.8 Å². The summed E-state index contributed by atoms with van der Waals surface area (Å²) in [7, 11) is 1.56. The van der Waals surface area contributed by atoms with Crippen LogP contribution in [0.2, 0.25) is 0 Å². The number of benzene rings is 1. The third-order valence-electron chi connectivity index (χ3n) is 3.29. The Kier molecular flexibility index (Phi) is 7.02. The number of ether oxygens (including phenoxy) is 2. The molecule has 0 spiro atoms. The van der Waals surface area contributed by atoms with Crippen molar-refractivity contribution in [2.75, 3.05) is 20.3 Å². The zero-order valence-electron chi connectivity index (χ0n) is 13.2. The Hall–Kier alpha value is -1.75. The van der Waals surface area contributed by atoms with Crippen LogP contribution in [0.15, 0.2) is 18.2 Å². The molecule has 0 bridgehead atoms. The van der Waals surface area contributed by atoms with Crippen molar-refractivity contribution in [1.29, 1.82) is 0 Å². The molecule has 1 atom stereocenters. The van der Waals surface area contributed by atoms with E-state index in [-0.39, 0.29) is 24.5 Å². The fourth-order valence-electron chi connectivity index (χ4n) is 2.05. The van der Waals surface area contributed by atoms with Crippen molar-refractivity contribution in [2.24, 2.45) is 5.92 Å². The molecule has 0 aliphatic rings. The number of methoxy groups -OCH3 is 1. The van der Waals surface area contributed by atoms with Crippen LogP contribution in [0.3, 0.4) is 0 Å². The number of carbonyl (C=O) groups is 1. The minimum Gasteiger partial charge on any atom is -0.493 e. The number of hydrogen-bond donors (Lipinski definition) is 2. The standard InChI is InChI=1S/C16H25NO4/c1-5-21-15-10-12(6-7-14(15)20-4)16(19)17-13(8-9-18)11(2)3/h6-7,10-11,13,18H,5,8-9H2,1-4H3,(H,17,19). The Morgan fingerprint density at radius 1 is 1.33 bits per heavy atom. The van der Waals surface area contributed by atoms with E-state index in [9.17, 15) is 4.79 Å². The van der Waals surface area contributed by atoms with Crippen molar-refractivity contribution in [1.82, 2.24) is 5.32 Å². The first kappa shape index (κ1) is 17.3. The first-order valence-corrected chi connectivity index (χ1v) is 7.26. The van der Waals surface area contributed by atoms with E-state index in [0.717, 1.165) is 0 Å². The molecule has 0 saturated heterocycles. The SMILES string of the molecule is CCOc1cc(C(=O)NC(CCO)C(C)C)ccc1OC. The normalized spacial score (nSPS) is 12.1. The van der Waals surface area contributed by atoms with Crippen molar-refractivity contribution in [3.8, 4) is 11.5 Å². The largest absolute Gasteiger partial charge is 0.493 e. The Labute approximate surface area is 126 Å². The fraction of sp³-hybridized carbons (Fsp3) is 0.562. The van der Waals surface area contributed by atoms with Crippen molar-refractivity contribution >= 4 is 5.91 Å². The van der Waals surface area contributed by atoms with Crippen LogP contribution >= 0.6 is 0 Å². The second kappa shape index (κ2) is 8.52. The van der Waals surface area contributed by atoms with E-state index >= 15 is 0 Å². The number of rotatable bonds is 8. The van der Waals surface area contributed by atoms with Gasteiger partial charge in [0.1, 0.15) is 0 Å². The zero-order valence-corrected chi connectivity index (χ0v) is 13.2. The molecule has 1 aromatic carbocycles. The summed E-state index contributed by atoms with van der Waals surface area (Å²) in [5.74, 6) is 1.23. The molecular formula is C16H25NO4. The van der Waals surface area contributed by atoms with Crippen LogP contribution in [0.1, 0.15) is 37.6 Å². The monoisotopic (exact) mass is 295 g/mol. The third-order valence-corrected chi connectivity index (χ3v) is 3.29. The van der Waals surface area contributed by atoms with Gasteiger partial charge in [-0.25, -0.2) is 0 Å². The molecule has 0 fully saturated rings. The molecule has 1 unspecified atom stereocenters. The van der Waals surface area contributed by atoms with Crippen molar-refractivity contribution in [3.05, 3.63) is 23.8 Å². The first-order valence-electron chi connectivity index (χ1n) is 7.26. The van der Waals surface area contributed by atoms with E-state index in [1.165, 1.54) is 0 Å². The van der Waals surface area contributed by atoms with E-state index in [4.69, 9.17) is 14.6 Å². The van der Waals surface area contributed by atoms with E-state index in [2.05, 4.69) is 5.32 Å². The molecule has 0 heterocycles. The van der Waals surface area contributed by atoms with Gasteiger partial charge >= 0.3 is 0 Å². The zero-order chi connectivity index (χ0) is 15.8. The molecule has 5 heteroatoms. The smallest absolute Gasteiger partial charge is 0.251 e. The Morgan fingerprint density at radius 3 is 2.57 bits per heavy atom. The van der Waals surface area contributed by atoms with Gasteiger partial charge in [0.05, 0.1) is 13.7 Å². The Bertz CT molecular complexity index is 460. The molecule has 1 aromatic rings. The summed E-state index contributed by atoms with van der Waals surface area (Å²) in [6.45, 7) is 6.46. The summed E-state index contributed by atoms with van der Waals surface area (Å²) < 4.78 is 10.7. The van der Waals surface area contributed by atoms with Crippen LogP contribution in [0.25, 0.3) is 0 Å². The number of aliphatic hydroxyl groups excluding tert-OH is 1. The van der Waals surface area contributed by atoms with Crippen LogP contribution < -0.4 is 14.8 Å². The number of carbonyl (C=O) groups excluding carboxylic acids is 1. The second-order valence-corrected chi connectivity index (χ2v) is 5.13. The fourth-order valence-corrected chi connectivity index (χ4v) is 2.05. The van der Waals surface area contributed by atoms with Crippen molar-refractivity contribution in [3.63, 3.8) is 0 Å². The third kappa shape index (κ3) is 4.93. The molecule has 1 rings (SSSR count). The lowest BCUT2D eigenvalue weighted by atomic mass is 10.0. The first-order chi connectivity index (χ1) is 10.0. The number of aliphatic hydroxyl groups is 1. The van der Waals surface area contributed by atoms with Gasteiger partial charge in [-0.05, 0) is 37.5 Å². The van der Waals surface area contributed by atoms with E-state index in [1.54, 1.807) is 25.3 Å². The lowest BCUT2D eigenvalue weighted by Crippen LogP contribution is -2.39. The average molecular weight is 295 g/mol. The van der Waals surface area contributed by atoms with E-state index in [0.29, 0.717) is 30.1 Å². The summed E-state index contributed by atoms with van der Waals surface area (Å²) >= 11 is 0. The van der Waals surface area contributed by atoms with Gasteiger partial charge in [-0.3, -0.25) is 4.79 Å². The van der Waals surface area contributed by atoms with Gasteiger partial charge in [0, 0.05) is 18.2 Å². The summed E-state index contributed by atoms with van der Waals surface area (Å²) in [6, 6.07) is 5.04. The van der Waals surface area contributed by atoms with E-state index < -0.39 is 0 Å². The maximum atomic E-state index is 12.3. The Balaban J connectivity index is 2.88. The molecule has 0 radical (unpaired) electrons. The highest BCUT2D eigenvalue weighted by molar-refractivity contribution is 5.95. The highest BCUT2D eigenvalue weighted by Crippen LogP contribution is 2.28. The summed E-state index contributed by atoms with van der Waals surface area (Å²) in [6.07, 6.45) is 0.540. The molecule has 0 saturated carbocycles.